The van der Waals surface area contributed by atoms with Crippen LogP contribution in [-0.4, -0.2) is 40.9 Å². The first-order chi connectivity index (χ1) is 15.4. The van der Waals surface area contributed by atoms with E-state index >= 15 is 0 Å². The molecule has 0 saturated carbocycles. The highest BCUT2D eigenvalue weighted by Gasteiger charge is 2.29. The molecule has 0 aromatic heterocycles. The van der Waals surface area contributed by atoms with Crippen molar-refractivity contribution in [3.05, 3.63) is 95.1 Å². The summed E-state index contributed by atoms with van der Waals surface area (Å²) in [4.78, 5) is 35.0. The number of alkyl carbamates (subject to hydrolysis) is 1. The van der Waals surface area contributed by atoms with Crippen LogP contribution in [0.1, 0.15) is 33.0 Å². The Kier molecular flexibility index (Phi) is 5.89. The van der Waals surface area contributed by atoms with Crippen LogP contribution < -0.4 is 5.32 Å². The standard InChI is InChI=1S/C25H21NO6/c27-23(28)16-11-9-15(10-12-16)13-22(24(29)30)26-25(31)32-14-21-19-7-3-1-5-17(19)18-6-2-4-8-20(18)21/h1-12,21-22H,13-14H2,(H,26,31)(H,27,28)(H,29,30)/t22-/m1/s1. The summed E-state index contributed by atoms with van der Waals surface area (Å²) in [6.45, 7) is 0.0828. The van der Waals surface area contributed by atoms with E-state index in [9.17, 15) is 19.5 Å². The van der Waals surface area contributed by atoms with Crippen molar-refractivity contribution in [3.63, 3.8) is 0 Å². The highest BCUT2D eigenvalue weighted by atomic mass is 16.5. The Balaban J connectivity index is 1.41. The molecule has 0 saturated heterocycles. The first kappa shape index (κ1) is 21.1. The van der Waals surface area contributed by atoms with E-state index in [-0.39, 0.29) is 24.5 Å². The molecule has 1 amide bonds. The second-order valence-electron chi connectivity index (χ2n) is 7.57. The Hall–Kier alpha value is -4.13. The molecule has 0 spiro atoms. The molecule has 3 N–H and O–H groups in total. The summed E-state index contributed by atoms with van der Waals surface area (Å²) in [5.74, 6) is -2.40. The van der Waals surface area contributed by atoms with Crippen molar-refractivity contribution in [2.75, 3.05) is 6.61 Å². The lowest BCUT2D eigenvalue weighted by molar-refractivity contribution is -0.139. The zero-order valence-corrected chi connectivity index (χ0v) is 17.0. The molecule has 3 aromatic carbocycles. The fraction of sp³-hybridized carbons (Fsp3) is 0.160. The number of carboxylic acid groups (broad SMARTS) is 2. The highest BCUT2D eigenvalue weighted by Crippen LogP contribution is 2.44. The van der Waals surface area contributed by atoms with Gasteiger partial charge in [-0.1, -0.05) is 60.7 Å². The van der Waals surface area contributed by atoms with Crippen molar-refractivity contribution in [3.8, 4) is 11.1 Å². The number of carbonyl (C=O) groups excluding carboxylic acids is 1. The van der Waals surface area contributed by atoms with Gasteiger partial charge < -0.3 is 20.3 Å². The first-order valence-corrected chi connectivity index (χ1v) is 10.1. The van der Waals surface area contributed by atoms with E-state index < -0.39 is 24.1 Å². The maximum absolute atomic E-state index is 12.4. The lowest BCUT2D eigenvalue weighted by Crippen LogP contribution is -2.42. The van der Waals surface area contributed by atoms with E-state index in [0.29, 0.717) is 5.56 Å². The molecule has 0 bridgehead atoms. The SMILES string of the molecule is O=C(N[C@H](Cc1ccc(C(=O)O)cc1)C(=O)O)OCC1c2ccccc2-c2ccccc21. The quantitative estimate of drug-likeness (QED) is 0.523. The number of rotatable bonds is 7. The number of aromatic carboxylic acids is 1. The van der Waals surface area contributed by atoms with Crippen LogP contribution in [0.15, 0.2) is 72.8 Å². The lowest BCUT2D eigenvalue weighted by Gasteiger charge is -2.17. The predicted octanol–water partition coefficient (Wildman–Crippen LogP) is 3.92. The van der Waals surface area contributed by atoms with E-state index in [1.54, 1.807) is 0 Å². The average molecular weight is 431 g/mol. The zero-order valence-electron chi connectivity index (χ0n) is 17.0. The summed E-state index contributed by atoms with van der Waals surface area (Å²) >= 11 is 0. The Morgan fingerprint density at radius 2 is 1.41 bits per heavy atom. The van der Waals surface area contributed by atoms with Gasteiger partial charge in [0.1, 0.15) is 12.6 Å². The second-order valence-corrected chi connectivity index (χ2v) is 7.57. The van der Waals surface area contributed by atoms with Crippen molar-refractivity contribution in [1.82, 2.24) is 5.32 Å². The number of hydrogen-bond donors (Lipinski definition) is 3. The van der Waals surface area contributed by atoms with Gasteiger partial charge in [0.25, 0.3) is 0 Å². The van der Waals surface area contributed by atoms with Gasteiger partial charge in [-0.05, 0) is 39.9 Å². The molecule has 7 heteroatoms. The molecule has 1 aliphatic carbocycles. The Morgan fingerprint density at radius 1 is 0.844 bits per heavy atom. The fourth-order valence-corrected chi connectivity index (χ4v) is 4.00. The predicted molar refractivity (Wildman–Crippen MR) is 117 cm³/mol. The van der Waals surface area contributed by atoms with E-state index in [4.69, 9.17) is 9.84 Å². The van der Waals surface area contributed by atoms with Gasteiger partial charge in [-0.25, -0.2) is 14.4 Å². The number of benzene rings is 3. The third-order valence-corrected chi connectivity index (χ3v) is 5.57. The minimum Gasteiger partial charge on any atom is -0.480 e. The summed E-state index contributed by atoms with van der Waals surface area (Å²) in [5.41, 5.74) is 5.02. The van der Waals surface area contributed by atoms with Crippen LogP contribution in [0, 0.1) is 0 Å². The van der Waals surface area contributed by atoms with Gasteiger partial charge in [-0.15, -0.1) is 0 Å². The van der Waals surface area contributed by atoms with Gasteiger partial charge >= 0.3 is 18.0 Å². The highest BCUT2D eigenvalue weighted by molar-refractivity contribution is 5.87. The maximum atomic E-state index is 12.4. The van der Waals surface area contributed by atoms with Gasteiger partial charge in [0.05, 0.1) is 5.56 Å². The Labute approximate surface area is 184 Å². The van der Waals surface area contributed by atoms with Gasteiger partial charge in [0.15, 0.2) is 0 Å². The fourth-order valence-electron chi connectivity index (χ4n) is 4.00. The second kappa shape index (κ2) is 8.93. The normalized spacial score (nSPS) is 13.0. The molecule has 1 aliphatic rings. The summed E-state index contributed by atoms with van der Waals surface area (Å²) < 4.78 is 5.42. The van der Waals surface area contributed by atoms with Crippen molar-refractivity contribution < 1.29 is 29.3 Å². The van der Waals surface area contributed by atoms with Crippen LogP contribution in [0.4, 0.5) is 4.79 Å². The van der Waals surface area contributed by atoms with Crippen molar-refractivity contribution in [2.45, 2.75) is 18.4 Å². The first-order valence-electron chi connectivity index (χ1n) is 10.1. The van der Waals surface area contributed by atoms with E-state index in [0.717, 1.165) is 22.3 Å². The summed E-state index contributed by atoms with van der Waals surface area (Å²) in [5, 5.41) is 20.9. The topological polar surface area (TPSA) is 113 Å². The maximum Gasteiger partial charge on any atom is 0.407 e. The number of hydrogen-bond acceptors (Lipinski definition) is 4. The molecule has 7 nitrogen and oxygen atoms in total. The van der Waals surface area contributed by atoms with Crippen LogP contribution in [-0.2, 0) is 16.0 Å². The number of ether oxygens (including phenoxy) is 1. The summed E-state index contributed by atoms with van der Waals surface area (Å²) in [7, 11) is 0. The molecule has 0 heterocycles. The van der Waals surface area contributed by atoms with Gasteiger partial charge in [0.2, 0.25) is 0 Å². The number of nitrogens with one attached hydrogen (secondary N) is 1. The third kappa shape index (κ3) is 4.32. The average Bonchev–Trinajstić information content (AvgIpc) is 3.11. The van der Waals surface area contributed by atoms with Crippen molar-refractivity contribution in [2.24, 2.45) is 0 Å². The van der Waals surface area contributed by atoms with Crippen molar-refractivity contribution >= 4 is 18.0 Å². The molecule has 32 heavy (non-hydrogen) atoms. The molecule has 4 rings (SSSR count). The largest absolute Gasteiger partial charge is 0.480 e. The number of aliphatic carboxylic acids is 1. The van der Waals surface area contributed by atoms with Crippen LogP contribution in [0.3, 0.4) is 0 Å². The molecular formula is C25H21NO6. The zero-order chi connectivity index (χ0) is 22.7. The minimum absolute atomic E-state index is 0.000568. The van der Waals surface area contributed by atoms with Crippen molar-refractivity contribution in [1.29, 1.82) is 0 Å². The van der Waals surface area contributed by atoms with Gasteiger partial charge in [-0.3, -0.25) is 0 Å². The molecule has 0 unspecified atom stereocenters. The van der Waals surface area contributed by atoms with Gasteiger partial charge in [-0.2, -0.15) is 0 Å². The van der Waals surface area contributed by atoms with Gasteiger partial charge in [0, 0.05) is 12.3 Å². The van der Waals surface area contributed by atoms with Crippen LogP contribution in [0.2, 0.25) is 0 Å². The van der Waals surface area contributed by atoms with Crippen LogP contribution in [0.5, 0.6) is 0 Å². The number of carbonyl (C=O) groups is 3. The minimum atomic E-state index is -1.21. The number of carboxylic acids is 2. The van der Waals surface area contributed by atoms with E-state index in [1.165, 1.54) is 24.3 Å². The van der Waals surface area contributed by atoms with E-state index in [1.807, 2.05) is 48.5 Å². The molecule has 3 aromatic rings. The Bertz CT molecular complexity index is 1130. The van der Waals surface area contributed by atoms with Crippen LogP contribution >= 0.6 is 0 Å². The lowest BCUT2D eigenvalue weighted by atomic mass is 9.98. The molecule has 1 atom stereocenters. The molecule has 0 aliphatic heterocycles. The monoisotopic (exact) mass is 431 g/mol. The van der Waals surface area contributed by atoms with Crippen LogP contribution in [0.25, 0.3) is 11.1 Å². The molecule has 0 radical (unpaired) electrons. The molecular weight excluding hydrogens is 410 g/mol. The summed E-state index contributed by atoms with van der Waals surface area (Å²) in [6, 6.07) is 20.5. The number of amides is 1. The molecule has 0 fully saturated rings. The summed E-state index contributed by atoms with van der Waals surface area (Å²) in [6.07, 6.45) is -0.819. The van der Waals surface area contributed by atoms with E-state index in [2.05, 4.69) is 5.32 Å². The molecule has 162 valence electrons. The number of fused-ring (bicyclic) bond motifs is 3. The Morgan fingerprint density at radius 3 is 1.94 bits per heavy atom. The smallest absolute Gasteiger partial charge is 0.407 e. The third-order valence-electron chi connectivity index (χ3n) is 5.57.